The summed E-state index contributed by atoms with van der Waals surface area (Å²) in [4.78, 5) is 24.4. The van der Waals surface area contributed by atoms with Gasteiger partial charge in [-0.05, 0) is 39.7 Å². The van der Waals surface area contributed by atoms with Crippen molar-refractivity contribution < 1.29 is 14.3 Å². The smallest absolute Gasteiger partial charge is 0.305 e. The van der Waals surface area contributed by atoms with Crippen molar-refractivity contribution in [3.8, 4) is 0 Å². The zero-order valence-electron chi connectivity index (χ0n) is 12.0. The van der Waals surface area contributed by atoms with Crippen LogP contribution in [-0.4, -0.2) is 35.5 Å². The summed E-state index contributed by atoms with van der Waals surface area (Å²) >= 11 is 0. The third-order valence-corrected chi connectivity index (χ3v) is 2.58. The molecule has 0 radical (unpaired) electrons. The Morgan fingerprint density at radius 2 is 1.89 bits per heavy atom. The van der Waals surface area contributed by atoms with Gasteiger partial charge in [-0.1, -0.05) is 13.5 Å². The Labute approximate surface area is 110 Å². The van der Waals surface area contributed by atoms with Gasteiger partial charge in [0.05, 0.1) is 6.61 Å². The molecule has 0 N–H and O–H groups in total. The maximum absolute atomic E-state index is 11.7. The van der Waals surface area contributed by atoms with Crippen molar-refractivity contribution in [1.82, 2.24) is 4.90 Å². The molecule has 18 heavy (non-hydrogen) atoms. The fourth-order valence-electron chi connectivity index (χ4n) is 1.55. The van der Waals surface area contributed by atoms with E-state index in [9.17, 15) is 9.59 Å². The summed E-state index contributed by atoms with van der Waals surface area (Å²) in [6.45, 7) is 12.3. The number of rotatable bonds is 7. The average molecular weight is 255 g/mol. The predicted octanol–water partition coefficient (Wildman–Crippen LogP) is 2.53. The van der Waals surface area contributed by atoms with E-state index in [1.54, 1.807) is 11.8 Å². The van der Waals surface area contributed by atoms with Gasteiger partial charge in [-0.2, -0.15) is 0 Å². The Morgan fingerprint density at radius 1 is 1.28 bits per heavy atom. The van der Waals surface area contributed by atoms with Gasteiger partial charge in [0.25, 0.3) is 0 Å². The van der Waals surface area contributed by atoms with Gasteiger partial charge in [0.2, 0.25) is 5.91 Å². The highest BCUT2D eigenvalue weighted by Crippen LogP contribution is 2.14. The Morgan fingerprint density at radius 3 is 2.33 bits per heavy atom. The topological polar surface area (TPSA) is 46.6 Å². The standard InChI is InChI=1S/C14H25NO3/c1-6-12(16)15(14(3,4)5)10-8-9-11-18-13(17)7-2/h6H,1,7-11H2,2-5H3. The minimum Gasteiger partial charge on any atom is -0.466 e. The van der Waals surface area contributed by atoms with Crippen LogP contribution in [0.2, 0.25) is 0 Å². The maximum atomic E-state index is 11.7. The highest BCUT2D eigenvalue weighted by atomic mass is 16.5. The second-order valence-electron chi connectivity index (χ2n) is 5.15. The van der Waals surface area contributed by atoms with Gasteiger partial charge in [-0.25, -0.2) is 0 Å². The van der Waals surface area contributed by atoms with Gasteiger partial charge in [0.1, 0.15) is 0 Å². The normalized spacial score (nSPS) is 10.9. The number of esters is 1. The lowest BCUT2D eigenvalue weighted by molar-refractivity contribution is -0.143. The van der Waals surface area contributed by atoms with E-state index in [0.29, 0.717) is 19.6 Å². The van der Waals surface area contributed by atoms with Gasteiger partial charge in [0.15, 0.2) is 0 Å². The molecule has 1 amide bonds. The fraction of sp³-hybridized carbons (Fsp3) is 0.714. The minimum absolute atomic E-state index is 0.0620. The van der Waals surface area contributed by atoms with Crippen molar-refractivity contribution in [2.24, 2.45) is 0 Å². The Bertz CT molecular complexity index is 292. The Hall–Kier alpha value is -1.32. The van der Waals surface area contributed by atoms with Crippen LogP contribution in [0.1, 0.15) is 47.0 Å². The largest absolute Gasteiger partial charge is 0.466 e. The van der Waals surface area contributed by atoms with Crippen molar-refractivity contribution >= 4 is 11.9 Å². The summed E-state index contributed by atoms with van der Waals surface area (Å²) < 4.78 is 4.98. The van der Waals surface area contributed by atoms with E-state index in [1.165, 1.54) is 6.08 Å². The predicted molar refractivity (Wildman–Crippen MR) is 72.1 cm³/mol. The molecular weight excluding hydrogens is 230 g/mol. The van der Waals surface area contributed by atoms with Crippen LogP contribution in [0.5, 0.6) is 0 Å². The molecule has 0 unspecified atom stereocenters. The molecule has 0 rings (SSSR count). The van der Waals surface area contributed by atoms with Crippen LogP contribution in [-0.2, 0) is 14.3 Å². The van der Waals surface area contributed by atoms with Crippen molar-refractivity contribution in [3.05, 3.63) is 12.7 Å². The van der Waals surface area contributed by atoms with E-state index in [1.807, 2.05) is 20.8 Å². The van der Waals surface area contributed by atoms with Crippen LogP contribution < -0.4 is 0 Å². The molecule has 0 heterocycles. The number of unbranched alkanes of at least 4 members (excludes halogenated alkanes) is 1. The lowest BCUT2D eigenvalue weighted by Gasteiger charge is -2.35. The second kappa shape index (κ2) is 7.90. The summed E-state index contributed by atoms with van der Waals surface area (Å²) in [5.41, 5.74) is -0.217. The number of amides is 1. The monoisotopic (exact) mass is 255 g/mol. The van der Waals surface area contributed by atoms with E-state index in [0.717, 1.165) is 12.8 Å². The average Bonchev–Trinajstić information content (AvgIpc) is 2.30. The van der Waals surface area contributed by atoms with Gasteiger partial charge in [-0.3, -0.25) is 9.59 Å². The lowest BCUT2D eigenvalue weighted by atomic mass is 10.1. The molecule has 0 saturated carbocycles. The molecule has 0 fully saturated rings. The van der Waals surface area contributed by atoms with E-state index in [2.05, 4.69) is 6.58 Å². The summed E-state index contributed by atoms with van der Waals surface area (Å²) in [6, 6.07) is 0. The van der Waals surface area contributed by atoms with Crippen molar-refractivity contribution in [1.29, 1.82) is 0 Å². The minimum atomic E-state index is -0.217. The molecule has 0 aliphatic rings. The van der Waals surface area contributed by atoms with Crippen LogP contribution in [0.25, 0.3) is 0 Å². The molecule has 0 aromatic heterocycles. The summed E-state index contributed by atoms with van der Waals surface area (Å²) in [5, 5.41) is 0. The summed E-state index contributed by atoms with van der Waals surface area (Å²) in [6.07, 6.45) is 3.32. The summed E-state index contributed by atoms with van der Waals surface area (Å²) in [7, 11) is 0. The van der Waals surface area contributed by atoms with Gasteiger partial charge in [0, 0.05) is 18.5 Å². The van der Waals surface area contributed by atoms with E-state index < -0.39 is 0 Å². The SMILES string of the molecule is C=CC(=O)N(CCCCOC(=O)CC)C(C)(C)C. The molecule has 0 atom stereocenters. The molecule has 104 valence electrons. The molecular formula is C14H25NO3. The molecule has 0 aromatic rings. The third-order valence-electron chi connectivity index (χ3n) is 2.58. The first-order valence-electron chi connectivity index (χ1n) is 6.42. The third kappa shape index (κ3) is 6.42. The number of hydrogen-bond donors (Lipinski definition) is 0. The van der Waals surface area contributed by atoms with E-state index in [-0.39, 0.29) is 17.4 Å². The van der Waals surface area contributed by atoms with E-state index >= 15 is 0 Å². The van der Waals surface area contributed by atoms with Gasteiger partial charge < -0.3 is 9.64 Å². The van der Waals surface area contributed by atoms with E-state index in [4.69, 9.17) is 4.74 Å². The van der Waals surface area contributed by atoms with Crippen LogP contribution >= 0.6 is 0 Å². The highest BCUT2D eigenvalue weighted by molar-refractivity contribution is 5.87. The zero-order valence-corrected chi connectivity index (χ0v) is 12.0. The van der Waals surface area contributed by atoms with Crippen molar-refractivity contribution in [2.75, 3.05) is 13.2 Å². The summed E-state index contributed by atoms with van der Waals surface area (Å²) in [5.74, 6) is -0.238. The quantitative estimate of drug-likeness (QED) is 0.399. The number of nitrogens with zero attached hydrogens (tertiary/aromatic N) is 1. The van der Waals surface area contributed by atoms with Gasteiger partial charge in [-0.15, -0.1) is 0 Å². The molecule has 0 bridgehead atoms. The zero-order chi connectivity index (χ0) is 14.2. The number of hydrogen-bond acceptors (Lipinski definition) is 3. The molecule has 4 nitrogen and oxygen atoms in total. The highest BCUT2D eigenvalue weighted by Gasteiger charge is 2.23. The number of carbonyl (C=O) groups excluding carboxylic acids is 2. The second-order valence-corrected chi connectivity index (χ2v) is 5.15. The molecule has 0 aliphatic carbocycles. The van der Waals surface area contributed by atoms with Crippen LogP contribution in [0.15, 0.2) is 12.7 Å². The van der Waals surface area contributed by atoms with Crippen LogP contribution in [0.3, 0.4) is 0 Å². The molecule has 4 heteroatoms. The van der Waals surface area contributed by atoms with Crippen LogP contribution in [0.4, 0.5) is 0 Å². The van der Waals surface area contributed by atoms with Crippen molar-refractivity contribution in [2.45, 2.75) is 52.5 Å². The first-order chi connectivity index (χ1) is 8.32. The molecule has 0 spiro atoms. The first-order valence-corrected chi connectivity index (χ1v) is 6.42. The molecule has 0 aliphatic heterocycles. The molecule has 0 saturated heterocycles. The Kier molecular flexibility index (Phi) is 7.32. The Balaban J connectivity index is 4.03. The van der Waals surface area contributed by atoms with Crippen LogP contribution in [0, 0.1) is 0 Å². The number of carbonyl (C=O) groups is 2. The van der Waals surface area contributed by atoms with Gasteiger partial charge >= 0.3 is 5.97 Å². The lowest BCUT2D eigenvalue weighted by Crippen LogP contribution is -2.45. The molecule has 0 aromatic carbocycles. The number of ether oxygens (including phenoxy) is 1. The maximum Gasteiger partial charge on any atom is 0.305 e. The fourth-order valence-corrected chi connectivity index (χ4v) is 1.55. The van der Waals surface area contributed by atoms with Crippen molar-refractivity contribution in [3.63, 3.8) is 0 Å². The first kappa shape index (κ1) is 16.7.